The zero-order chi connectivity index (χ0) is 12.5. The molecule has 1 unspecified atom stereocenters. The van der Waals surface area contributed by atoms with Crippen molar-refractivity contribution in [3.8, 4) is 0 Å². The van der Waals surface area contributed by atoms with Crippen molar-refractivity contribution in [3.63, 3.8) is 0 Å². The number of fused-ring (bicyclic) bond motifs is 1. The first-order chi connectivity index (χ1) is 8.75. The molecule has 18 heavy (non-hydrogen) atoms. The number of rotatable bonds is 1. The van der Waals surface area contributed by atoms with E-state index in [0.717, 1.165) is 17.2 Å². The van der Waals surface area contributed by atoms with Gasteiger partial charge in [0.15, 0.2) is 5.82 Å². The molecule has 1 aliphatic rings. The maximum absolute atomic E-state index is 5.99. The standard InChI is InChI=1S/C14H12ClN3/c1-10-9-16-12-7-8-13(15)17-14(12)18(10)11-5-3-2-4-6-11/h2-10H,1H3. The van der Waals surface area contributed by atoms with Crippen molar-refractivity contribution in [2.45, 2.75) is 13.0 Å². The summed E-state index contributed by atoms with van der Waals surface area (Å²) >= 11 is 5.99. The minimum Gasteiger partial charge on any atom is -0.316 e. The third kappa shape index (κ3) is 1.87. The van der Waals surface area contributed by atoms with Gasteiger partial charge in [-0.25, -0.2) is 4.98 Å². The zero-order valence-electron chi connectivity index (χ0n) is 9.92. The summed E-state index contributed by atoms with van der Waals surface area (Å²) in [6.45, 7) is 2.09. The predicted molar refractivity (Wildman–Crippen MR) is 75.4 cm³/mol. The van der Waals surface area contributed by atoms with Gasteiger partial charge in [-0.3, -0.25) is 4.99 Å². The summed E-state index contributed by atoms with van der Waals surface area (Å²) in [5, 5.41) is 0.485. The van der Waals surface area contributed by atoms with Gasteiger partial charge in [0.25, 0.3) is 0 Å². The Bertz CT molecular complexity index is 595. The summed E-state index contributed by atoms with van der Waals surface area (Å²) in [4.78, 5) is 10.9. The fraction of sp³-hybridized carbons (Fsp3) is 0.143. The van der Waals surface area contributed by atoms with Gasteiger partial charge in [-0.2, -0.15) is 0 Å². The number of pyridine rings is 1. The van der Waals surface area contributed by atoms with Crippen molar-refractivity contribution in [1.29, 1.82) is 0 Å². The highest BCUT2D eigenvalue weighted by molar-refractivity contribution is 6.29. The molecule has 0 saturated heterocycles. The predicted octanol–water partition coefficient (Wildman–Crippen LogP) is 3.98. The van der Waals surface area contributed by atoms with E-state index in [2.05, 4.69) is 33.9 Å². The quantitative estimate of drug-likeness (QED) is 0.723. The van der Waals surface area contributed by atoms with Crippen molar-refractivity contribution in [2.24, 2.45) is 4.99 Å². The molecule has 90 valence electrons. The molecule has 0 amide bonds. The second-order valence-electron chi connectivity index (χ2n) is 4.20. The smallest absolute Gasteiger partial charge is 0.161 e. The van der Waals surface area contributed by atoms with Crippen molar-refractivity contribution in [1.82, 2.24) is 4.98 Å². The van der Waals surface area contributed by atoms with Crippen LogP contribution < -0.4 is 4.90 Å². The number of anilines is 2. The molecule has 0 N–H and O–H groups in total. The van der Waals surface area contributed by atoms with E-state index in [-0.39, 0.29) is 6.04 Å². The number of hydrogen-bond acceptors (Lipinski definition) is 3. The Kier molecular flexibility index (Phi) is 2.76. The van der Waals surface area contributed by atoms with Gasteiger partial charge in [0.1, 0.15) is 10.8 Å². The minimum absolute atomic E-state index is 0.158. The van der Waals surface area contributed by atoms with Gasteiger partial charge >= 0.3 is 0 Å². The van der Waals surface area contributed by atoms with Gasteiger partial charge in [0.2, 0.25) is 0 Å². The molecule has 1 atom stereocenters. The van der Waals surface area contributed by atoms with Gasteiger partial charge in [-0.15, -0.1) is 0 Å². The molecule has 0 saturated carbocycles. The van der Waals surface area contributed by atoms with Crippen LogP contribution in [-0.2, 0) is 0 Å². The molecular formula is C14H12ClN3. The Balaban J connectivity index is 2.15. The first-order valence-electron chi connectivity index (χ1n) is 5.81. The van der Waals surface area contributed by atoms with E-state index >= 15 is 0 Å². The van der Waals surface area contributed by atoms with E-state index in [1.54, 1.807) is 6.07 Å². The topological polar surface area (TPSA) is 28.5 Å². The summed E-state index contributed by atoms with van der Waals surface area (Å²) in [6, 6.07) is 13.9. The second kappa shape index (κ2) is 4.42. The molecule has 0 spiro atoms. The fourth-order valence-corrected chi connectivity index (χ4v) is 2.23. The molecular weight excluding hydrogens is 246 g/mol. The van der Waals surface area contributed by atoms with Crippen molar-refractivity contribution in [3.05, 3.63) is 47.6 Å². The Labute approximate surface area is 111 Å². The van der Waals surface area contributed by atoms with Gasteiger partial charge in [0, 0.05) is 11.9 Å². The minimum atomic E-state index is 0.158. The maximum atomic E-state index is 5.99. The molecule has 1 aliphatic heterocycles. The molecule has 0 bridgehead atoms. The number of aliphatic imine (C=N–C) groups is 1. The lowest BCUT2D eigenvalue weighted by atomic mass is 10.2. The van der Waals surface area contributed by atoms with Crippen molar-refractivity contribution >= 4 is 35.0 Å². The summed E-state index contributed by atoms with van der Waals surface area (Å²) in [6.07, 6.45) is 1.92. The van der Waals surface area contributed by atoms with Crippen LogP contribution >= 0.6 is 11.6 Å². The third-order valence-corrected chi connectivity index (χ3v) is 3.13. The Morgan fingerprint density at radius 2 is 1.89 bits per heavy atom. The summed E-state index contributed by atoms with van der Waals surface area (Å²) in [7, 11) is 0. The number of halogens is 1. The Morgan fingerprint density at radius 3 is 2.67 bits per heavy atom. The molecule has 0 radical (unpaired) electrons. The van der Waals surface area contributed by atoms with E-state index in [0.29, 0.717) is 5.15 Å². The molecule has 2 aromatic rings. The van der Waals surface area contributed by atoms with E-state index in [4.69, 9.17) is 11.6 Å². The van der Waals surface area contributed by atoms with Crippen LogP contribution in [0.2, 0.25) is 5.15 Å². The van der Waals surface area contributed by atoms with E-state index in [1.807, 2.05) is 30.5 Å². The van der Waals surface area contributed by atoms with Crippen LogP contribution in [0, 0.1) is 0 Å². The molecule has 1 aromatic heterocycles. The molecule has 4 heteroatoms. The van der Waals surface area contributed by atoms with Crippen LogP contribution in [0.15, 0.2) is 47.5 Å². The van der Waals surface area contributed by atoms with Crippen molar-refractivity contribution in [2.75, 3.05) is 4.90 Å². The largest absolute Gasteiger partial charge is 0.316 e. The maximum Gasteiger partial charge on any atom is 0.161 e. The molecule has 3 nitrogen and oxygen atoms in total. The molecule has 0 fully saturated rings. The summed E-state index contributed by atoms with van der Waals surface area (Å²) in [5.74, 6) is 0.809. The van der Waals surface area contributed by atoms with Crippen LogP contribution in [0.25, 0.3) is 0 Å². The van der Waals surface area contributed by atoms with Gasteiger partial charge in [-0.05, 0) is 31.2 Å². The average molecular weight is 258 g/mol. The van der Waals surface area contributed by atoms with Crippen LogP contribution in [-0.4, -0.2) is 17.2 Å². The first kappa shape index (κ1) is 11.2. The van der Waals surface area contributed by atoms with Crippen LogP contribution in [0.5, 0.6) is 0 Å². The van der Waals surface area contributed by atoms with Crippen LogP contribution in [0.3, 0.4) is 0 Å². The summed E-state index contributed by atoms with van der Waals surface area (Å²) < 4.78 is 0. The zero-order valence-corrected chi connectivity index (χ0v) is 10.7. The number of nitrogens with zero attached hydrogens (tertiary/aromatic N) is 3. The SMILES string of the molecule is CC1C=Nc2ccc(Cl)nc2N1c1ccccc1. The lowest BCUT2D eigenvalue weighted by Crippen LogP contribution is -2.32. The fourth-order valence-electron chi connectivity index (χ4n) is 2.09. The lowest BCUT2D eigenvalue weighted by molar-refractivity contribution is 0.885. The highest BCUT2D eigenvalue weighted by Crippen LogP contribution is 2.37. The molecule has 3 rings (SSSR count). The Morgan fingerprint density at radius 1 is 1.11 bits per heavy atom. The van der Waals surface area contributed by atoms with Gasteiger partial charge in [0.05, 0.1) is 6.04 Å². The van der Waals surface area contributed by atoms with Gasteiger partial charge in [-0.1, -0.05) is 29.8 Å². The lowest BCUT2D eigenvalue weighted by Gasteiger charge is -2.31. The number of aromatic nitrogens is 1. The van der Waals surface area contributed by atoms with E-state index in [9.17, 15) is 0 Å². The summed E-state index contributed by atoms with van der Waals surface area (Å²) in [5.41, 5.74) is 1.94. The normalized spacial score (nSPS) is 17.7. The molecule has 0 aliphatic carbocycles. The van der Waals surface area contributed by atoms with Gasteiger partial charge < -0.3 is 4.90 Å². The number of para-hydroxylation sites is 1. The molecule has 2 heterocycles. The highest BCUT2D eigenvalue weighted by Gasteiger charge is 2.23. The third-order valence-electron chi connectivity index (χ3n) is 2.92. The monoisotopic (exact) mass is 257 g/mol. The van der Waals surface area contributed by atoms with E-state index < -0.39 is 0 Å². The van der Waals surface area contributed by atoms with Crippen LogP contribution in [0.4, 0.5) is 17.2 Å². The molecule has 1 aromatic carbocycles. The number of hydrogen-bond donors (Lipinski definition) is 0. The number of benzene rings is 1. The second-order valence-corrected chi connectivity index (χ2v) is 4.59. The van der Waals surface area contributed by atoms with Crippen molar-refractivity contribution < 1.29 is 0 Å². The average Bonchev–Trinajstić information content (AvgIpc) is 2.39. The van der Waals surface area contributed by atoms with E-state index in [1.165, 1.54) is 0 Å². The van der Waals surface area contributed by atoms with Crippen LogP contribution in [0.1, 0.15) is 6.92 Å². The first-order valence-corrected chi connectivity index (χ1v) is 6.18. The highest BCUT2D eigenvalue weighted by atomic mass is 35.5. The Hall–Kier alpha value is -1.87.